The van der Waals surface area contributed by atoms with E-state index in [4.69, 9.17) is 17.3 Å². The van der Waals surface area contributed by atoms with E-state index >= 15 is 0 Å². The highest BCUT2D eigenvalue weighted by molar-refractivity contribution is 7.15. The molecular weight excluding hydrogens is 338 g/mol. The molecule has 0 spiro atoms. The van der Waals surface area contributed by atoms with Gasteiger partial charge in [-0.1, -0.05) is 42.0 Å². The minimum atomic E-state index is -0.707. The van der Waals surface area contributed by atoms with Gasteiger partial charge in [-0.15, -0.1) is 10.2 Å². The zero-order valence-electron chi connectivity index (χ0n) is 12.4. The Kier molecular flexibility index (Phi) is 5.89. The molecule has 2 rings (SSSR count). The third-order valence-corrected chi connectivity index (χ3v) is 4.23. The third-order valence-electron chi connectivity index (χ3n) is 2.99. The summed E-state index contributed by atoms with van der Waals surface area (Å²) in [5, 5.41) is 14.9. The Bertz CT molecular complexity index is 689. The summed E-state index contributed by atoms with van der Waals surface area (Å²) in [5.41, 5.74) is 5.91. The SMILES string of the molecule is CCc1nnc(NC(=O)C[C@@H](NC(N)=O)c2ccc(Cl)cc2)s1. The number of nitrogens with one attached hydrogen (secondary N) is 2. The van der Waals surface area contributed by atoms with Crippen LogP contribution in [0.1, 0.15) is 30.0 Å². The van der Waals surface area contributed by atoms with Gasteiger partial charge in [-0.2, -0.15) is 0 Å². The van der Waals surface area contributed by atoms with Crippen LogP contribution in [0.4, 0.5) is 9.93 Å². The number of nitrogens with zero attached hydrogens (tertiary/aromatic N) is 2. The number of hydrogen-bond donors (Lipinski definition) is 3. The van der Waals surface area contributed by atoms with Gasteiger partial charge >= 0.3 is 6.03 Å². The van der Waals surface area contributed by atoms with E-state index in [0.717, 1.165) is 17.0 Å². The maximum absolute atomic E-state index is 12.2. The van der Waals surface area contributed by atoms with Crippen molar-refractivity contribution < 1.29 is 9.59 Å². The molecular formula is C14H16ClN5O2S. The van der Waals surface area contributed by atoms with Gasteiger partial charge in [0.25, 0.3) is 0 Å². The largest absolute Gasteiger partial charge is 0.352 e. The average molecular weight is 354 g/mol. The third kappa shape index (κ3) is 5.19. The smallest absolute Gasteiger partial charge is 0.312 e. The number of primary amides is 1. The number of urea groups is 1. The number of carbonyl (C=O) groups excluding carboxylic acids is 2. The lowest BCUT2D eigenvalue weighted by Crippen LogP contribution is -2.35. The second-order valence-electron chi connectivity index (χ2n) is 4.72. The van der Waals surface area contributed by atoms with E-state index in [-0.39, 0.29) is 12.3 Å². The van der Waals surface area contributed by atoms with Crippen molar-refractivity contribution in [3.63, 3.8) is 0 Å². The summed E-state index contributed by atoms with van der Waals surface area (Å²) in [5.74, 6) is -0.294. The number of aromatic nitrogens is 2. The van der Waals surface area contributed by atoms with Crippen LogP contribution < -0.4 is 16.4 Å². The molecule has 1 atom stereocenters. The number of rotatable bonds is 6. The lowest BCUT2D eigenvalue weighted by molar-refractivity contribution is -0.116. The fraction of sp³-hybridized carbons (Fsp3) is 0.286. The van der Waals surface area contributed by atoms with Crippen LogP contribution in [0, 0.1) is 0 Å². The zero-order chi connectivity index (χ0) is 16.8. The summed E-state index contributed by atoms with van der Waals surface area (Å²) in [6.07, 6.45) is 0.774. The van der Waals surface area contributed by atoms with Gasteiger partial charge in [-0.25, -0.2) is 4.79 Å². The first-order chi connectivity index (χ1) is 11.0. The second-order valence-corrected chi connectivity index (χ2v) is 6.22. The number of aryl methyl sites for hydroxylation is 1. The number of carbonyl (C=O) groups is 2. The Morgan fingerprint density at radius 1 is 1.30 bits per heavy atom. The van der Waals surface area contributed by atoms with Gasteiger partial charge in [0.05, 0.1) is 12.5 Å². The van der Waals surface area contributed by atoms with Gasteiger partial charge in [0.1, 0.15) is 5.01 Å². The summed E-state index contributed by atoms with van der Waals surface area (Å²) in [6, 6.07) is 5.57. The molecule has 0 unspecified atom stereocenters. The highest BCUT2D eigenvalue weighted by atomic mass is 35.5. The second kappa shape index (κ2) is 7.89. The van der Waals surface area contributed by atoms with Crippen LogP contribution in [0.15, 0.2) is 24.3 Å². The number of nitrogens with two attached hydrogens (primary N) is 1. The Balaban J connectivity index is 2.05. The average Bonchev–Trinajstić information content (AvgIpc) is 2.94. The molecule has 0 aliphatic carbocycles. The monoisotopic (exact) mass is 353 g/mol. The fourth-order valence-electron chi connectivity index (χ4n) is 1.92. The van der Waals surface area contributed by atoms with Crippen LogP contribution in [0.3, 0.4) is 0 Å². The van der Waals surface area contributed by atoms with Crippen molar-refractivity contribution in [2.24, 2.45) is 5.73 Å². The van der Waals surface area contributed by atoms with Crippen LogP contribution in [-0.4, -0.2) is 22.1 Å². The van der Waals surface area contributed by atoms with Crippen molar-refractivity contribution in [2.75, 3.05) is 5.32 Å². The Hall–Kier alpha value is -2.19. The number of halogens is 1. The van der Waals surface area contributed by atoms with Crippen molar-refractivity contribution >= 4 is 40.0 Å². The molecule has 1 heterocycles. The first kappa shape index (κ1) is 17.2. The standard InChI is InChI=1S/C14H16ClN5O2S/c1-2-12-19-20-14(23-12)18-11(21)7-10(17-13(16)22)8-3-5-9(15)6-4-8/h3-6,10H,2,7H2,1H3,(H3,16,17,22)(H,18,20,21)/t10-/m1/s1. The molecule has 0 aliphatic heterocycles. The molecule has 3 amide bonds. The quantitative estimate of drug-likeness (QED) is 0.740. The predicted molar refractivity (Wildman–Crippen MR) is 89.4 cm³/mol. The summed E-state index contributed by atoms with van der Waals surface area (Å²) >= 11 is 7.16. The lowest BCUT2D eigenvalue weighted by Gasteiger charge is -2.17. The lowest BCUT2D eigenvalue weighted by atomic mass is 10.0. The van der Waals surface area contributed by atoms with Gasteiger partial charge in [-0.3, -0.25) is 4.79 Å². The van der Waals surface area contributed by atoms with E-state index in [1.54, 1.807) is 24.3 Å². The Morgan fingerprint density at radius 2 is 2.00 bits per heavy atom. The van der Waals surface area contributed by atoms with Crippen LogP contribution in [0.5, 0.6) is 0 Å². The van der Waals surface area contributed by atoms with Crippen LogP contribution in [-0.2, 0) is 11.2 Å². The molecule has 23 heavy (non-hydrogen) atoms. The highest BCUT2D eigenvalue weighted by Crippen LogP contribution is 2.21. The van der Waals surface area contributed by atoms with Crippen LogP contribution in [0.25, 0.3) is 0 Å². The number of anilines is 1. The fourth-order valence-corrected chi connectivity index (χ4v) is 2.74. The molecule has 0 radical (unpaired) electrons. The maximum Gasteiger partial charge on any atom is 0.312 e. The van der Waals surface area contributed by atoms with Crippen molar-refractivity contribution in [3.8, 4) is 0 Å². The predicted octanol–water partition coefficient (Wildman–Crippen LogP) is 2.49. The molecule has 2 aromatic rings. The van der Waals surface area contributed by atoms with Crippen molar-refractivity contribution in [3.05, 3.63) is 39.9 Å². The van der Waals surface area contributed by atoms with E-state index in [9.17, 15) is 9.59 Å². The number of hydrogen-bond acceptors (Lipinski definition) is 5. The van der Waals surface area contributed by atoms with Crippen molar-refractivity contribution in [2.45, 2.75) is 25.8 Å². The normalized spacial score (nSPS) is 11.7. The minimum Gasteiger partial charge on any atom is -0.352 e. The van der Waals surface area contributed by atoms with Crippen LogP contribution >= 0.6 is 22.9 Å². The van der Waals surface area contributed by atoms with Crippen LogP contribution in [0.2, 0.25) is 5.02 Å². The summed E-state index contributed by atoms with van der Waals surface area (Å²) in [7, 11) is 0. The van der Waals surface area contributed by atoms with Crippen molar-refractivity contribution in [1.29, 1.82) is 0 Å². The van der Waals surface area contributed by atoms with Crippen molar-refractivity contribution in [1.82, 2.24) is 15.5 Å². The van der Waals surface area contributed by atoms with E-state index in [1.165, 1.54) is 11.3 Å². The minimum absolute atomic E-state index is 0.0195. The molecule has 122 valence electrons. The highest BCUT2D eigenvalue weighted by Gasteiger charge is 2.18. The molecule has 9 heteroatoms. The van der Waals surface area contributed by atoms with Gasteiger partial charge in [0.15, 0.2) is 0 Å². The van der Waals surface area contributed by atoms with E-state index in [0.29, 0.717) is 10.2 Å². The Labute approximate surface area is 142 Å². The molecule has 0 bridgehead atoms. The van der Waals surface area contributed by atoms with E-state index in [2.05, 4.69) is 20.8 Å². The molecule has 0 saturated carbocycles. The molecule has 0 saturated heterocycles. The zero-order valence-corrected chi connectivity index (χ0v) is 13.9. The molecule has 0 aliphatic rings. The van der Waals surface area contributed by atoms with E-state index in [1.807, 2.05) is 6.92 Å². The topological polar surface area (TPSA) is 110 Å². The first-order valence-corrected chi connectivity index (χ1v) is 8.11. The molecule has 1 aromatic heterocycles. The maximum atomic E-state index is 12.2. The molecule has 0 fully saturated rings. The summed E-state index contributed by atoms with van der Waals surface area (Å²) < 4.78 is 0. The molecule has 7 nitrogen and oxygen atoms in total. The summed E-state index contributed by atoms with van der Waals surface area (Å²) in [4.78, 5) is 23.3. The van der Waals surface area contributed by atoms with Gasteiger partial charge < -0.3 is 16.4 Å². The Morgan fingerprint density at radius 3 is 2.57 bits per heavy atom. The number of amides is 3. The molecule has 4 N–H and O–H groups in total. The van der Waals surface area contributed by atoms with Gasteiger partial charge in [0, 0.05) is 5.02 Å². The molecule has 1 aromatic carbocycles. The number of benzene rings is 1. The first-order valence-electron chi connectivity index (χ1n) is 6.91. The summed E-state index contributed by atoms with van der Waals surface area (Å²) in [6.45, 7) is 1.96. The van der Waals surface area contributed by atoms with Gasteiger partial charge in [0.2, 0.25) is 11.0 Å². The van der Waals surface area contributed by atoms with E-state index < -0.39 is 12.1 Å². The van der Waals surface area contributed by atoms with Gasteiger partial charge in [-0.05, 0) is 24.1 Å².